The monoisotopic (exact) mass is 264 g/mol. The highest BCUT2D eigenvalue weighted by Gasteiger charge is 2.20. The second kappa shape index (κ2) is 4.72. The molecule has 2 aromatic rings. The lowest BCUT2D eigenvalue weighted by Crippen LogP contribution is -2.01. The molecule has 5 nitrogen and oxygen atoms in total. The summed E-state index contributed by atoms with van der Waals surface area (Å²) in [5.74, 6) is -1.27. The van der Waals surface area contributed by atoms with E-state index in [1.165, 1.54) is 17.9 Å². The molecule has 1 N–H and O–H groups in total. The average molecular weight is 264 g/mol. The van der Waals surface area contributed by atoms with Gasteiger partial charge in [0.1, 0.15) is 11.6 Å². The first kappa shape index (κ1) is 13.1. The Morgan fingerprint density at radius 1 is 1.47 bits per heavy atom. The van der Waals surface area contributed by atoms with Crippen molar-refractivity contribution in [2.45, 2.75) is 6.92 Å². The predicted molar refractivity (Wildman–Crippen MR) is 66.9 cm³/mol. The van der Waals surface area contributed by atoms with Crippen LogP contribution in [0.1, 0.15) is 16.1 Å². The van der Waals surface area contributed by atoms with Crippen molar-refractivity contribution in [1.82, 2.24) is 9.78 Å². The minimum Gasteiger partial charge on any atom is -0.496 e. The molecular formula is C13H13FN2O3. The smallest absolute Gasteiger partial charge is 0.356 e. The Balaban J connectivity index is 2.71. The maximum absolute atomic E-state index is 14.3. The number of carboxylic acids is 1. The first-order valence-electron chi connectivity index (χ1n) is 5.56. The number of aromatic nitrogens is 2. The summed E-state index contributed by atoms with van der Waals surface area (Å²) in [5, 5.41) is 12.7. The molecule has 0 aliphatic rings. The van der Waals surface area contributed by atoms with E-state index in [0.29, 0.717) is 17.0 Å². The minimum absolute atomic E-state index is 0.138. The molecule has 1 heterocycles. The molecular weight excluding hydrogens is 251 g/mol. The van der Waals surface area contributed by atoms with Gasteiger partial charge in [-0.3, -0.25) is 4.68 Å². The summed E-state index contributed by atoms with van der Waals surface area (Å²) in [7, 11) is 2.99. The first-order valence-corrected chi connectivity index (χ1v) is 5.56. The Bertz CT molecular complexity index is 650. The number of aromatic carboxylic acids is 1. The van der Waals surface area contributed by atoms with Crippen molar-refractivity contribution in [3.63, 3.8) is 0 Å². The van der Waals surface area contributed by atoms with Gasteiger partial charge in [-0.1, -0.05) is 6.07 Å². The van der Waals surface area contributed by atoms with Gasteiger partial charge in [0.05, 0.1) is 18.4 Å². The van der Waals surface area contributed by atoms with E-state index >= 15 is 0 Å². The zero-order valence-corrected chi connectivity index (χ0v) is 10.8. The van der Waals surface area contributed by atoms with Gasteiger partial charge in [-0.2, -0.15) is 5.10 Å². The Hall–Kier alpha value is -2.37. The van der Waals surface area contributed by atoms with Gasteiger partial charge in [-0.15, -0.1) is 0 Å². The Morgan fingerprint density at radius 2 is 2.16 bits per heavy atom. The molecule has 0 spiro atoms. The zero-order valence-electron chi connectivity index (χ0n) is 10.8. The standard InChI is InChI=1S/C13H13FN2O3/c1-7-4-5-10(19-3)11(12(7)14)9-6-8(13(17)18)15-16(9)2/h4-6H,1-3H3,(H,17,18). The number of carboxylic acid groups (broad SMARTS) is 1. The number of rotatable bonds is 3. The Kier molecular flexibility index (Phi) is 3.25. The van der Waals surface area contributed by atoms with Crippen molar-refractivity contribution in [2.24, 2.45) is 7.05 Å². The van der Waals surface area contributed by atoms with Gasteiger partial charge in [-0.05, 0) is 24.6 Å². The summed E-state index contributed by atoms with van der Waals surface area (Å²) < 4.78 is 20.7. The van der Waals surface area contributed by atoms with Crippen LogP contribution in [-0.4, -0.2) is 28.0 Å². The highest BCUT2D eigenvalue weighted by molar-refractivity contribution is 5.87. The highest BCUT2D eigenvalue weighted by atomic mass is 19.1. The number of benzene rings is 1. The topological polar surface area (TPSA) is 64.3 Å². The van der Waals surface area contributed by atoms with Crippen LogP contribution in [0.4, 0.5) is 4.39 Å². The molecule has 0 aliphatic carbocycles. The van der Waals surface area contributed by atoms with Crippen LogP contribution in [0.2, 0.25) is 0 Å². The summed E-state index contributed by atoms with van der Waals surface area (Å²) in [6, 6.07) is 4.57. The van der Waals surface area contributed by atoms with Gasteiger partial charge < -0.3 is 9.84 Å². The number of ether oxygens (including phenoxy) is 1. The fourth-order valence-corrected chi connectivity index (χ4v) is 1.88. The highest BCUT2D eigenvalue weighted by Crippen LogP contribution is 2.34. The van der Waals surface area contributed by atoms with E-state index in [0.717, 1.165) is 0 Å². The van der Waals surface area contributed by atoms with Crippen LogP contribution < -0.4 is 4.74 Å². The van der Waals surface area contributed by atoms with Crippen LogP contribution in [0.3, 0.4) is 0 Å². The minimum atomic E-state index is -1.16. The van der Waals surface area contributed by atoms with Crippen molar-refractivity contribution in [3.8, 4) is 17.0 Å². The lowest BCUT2D eigenvalue weighted by atomic mass is 10.1. The summed E-state index contributed by atoms with van der Waals surface area (Å²) in [5.41, 5.74) is 0.884. The number of methoxy groups -OCH3 is 1. The molecule has 1 aromatic carbocycles. The van der Waals surface area contributed by atoms with Crippen LogP contribution in [0.15, 0.2) is 18.2 Å². The number of nitrogens with zero attached hydrogens (tertiary/aromatic N) is 2. The molecule has 19 heavy (non-hydrogen) atoms. The van der Waals surface area contributed by atoms with E-state index in [-0.39, 0.29) is 11.3 Å². The number of hydrogen-bond donors (Lipinski definition) is 1. The quantitative estimate of drug-likeness (QED) is 0.923. The molecule has 0 saturated carbocycles. The number of hydrogen-bond acceptors (Lipinski definition) is 3. The fourth-order valence-electron chi connectivity index (χ4n) is 1.88. The van der Waals surface area contributed by atoms with E-state index in [2.05, 4.69) is 5.10 Å². The van der Waals surface area contributed by atoms with Crippen molar-refractivity contribution >= 4 is 5.97 Å². The molecule has 0 radical (unpaired) electrons. The van der Waals surface area contributed by atoms with Crippen LogP contribution in [0.5, 0.6) is 5.75 Å². The molecule has 100 valence electrons. The molecule has 2 rings (SSSR count). The lowest BCUT2D eigenvalue weighted by Gasteiger charge is -2.11. The third-order valence-electron chi connectivity index (χ3n) is 2.87. The van der Waals surface area contributed by atoms with E-state index in [9.17, 15) is 9.18 Å². The molecule has 0 bridgehead atoms. The molecule has 0 atom stereocenters. The maximum atomic E-state index is 14.3. The normalized spacial score (nSPS) is 10.5. The van der Waals surface area contributed by atoms with Gasteiger partial charge in [-0.25, -0.2) is 9.18 Å². The summed E-state index contributed by atoms with van der Waals surface area (Å²) in [4.78, 5) is 10.9. The Morgan fingerprint density at radius 3 is 2.68 bits per heavy atom. The van der Waals surface area contributed by atoms with Gasteiger partial charge >= 0.3 is 5.97 Å². The maximum Gasteiger partial charge on any atom is 0.356 e. The van der Waals surface area contributed by atoms with E-state index in [4.69, 9.17) is 9.84 Å². The summed E-state index contributed by atoms with van der Waals surface area (Å²) >= 11 is 0. The second-order valence-electron chi connectivity index (χ2n) is 4.12. The molecule has 6 heteroatoms. The van der Waals surface area contributed by atoms with E-state index < -0.39 is 11.8 Å². The fraction of sp³-hybridized carbons (Fsp3) is 0.231. The van der Waals surface area contributed by atoms with Gasteiger partial charge in [0.25, 0.3) is 0 Å². The average Bonchev–Trinajstić information content (AvgIpc) is 2.74. The lowest BCUT2D eigenvalue weighted by molar-refractivity contribution is 0.0689. The van der Waals surface area contributed by atoms with Crippen molar-refractivity contribution in [3.05, 3.63) is 35.3 Å². The second-order valence-corrected chi connectivity index (χ2v) is 4.12. The molecule has 0 fully saturated rings. The van der Waals surface area contributed by atoms with Gasteiger partial charge in [0.2, 0.25) is 0 Å². The first-order chi connectivity index (χ1) is 8.95. The largest absolute Gasteiger partial charge is 0.496 e. The van der Waals surface area contributed by atoms with Crippen LogP contribution in [0, 0.1) is 12.7 Å². The molecule has 0 amide bonds. The third-order valence-corrected chi connectivity index (χ3v) is 2.87. The number of aryl methyl sites for hydroxylation is 2. The number of carbonyl (C=O) groups is 1. The molecule has 0 unspecified atom stereocenters. The molecule has 1 aromatic heterocycles. The molecule has 0 aliphatic heterocycles. The van der Waals surface area contributed by atoms with Gasteiger partial charge in [0, 0.05) is 7.05 Å². The van der Waals surface area contributed by atoms with Gasteiger partial charge in [0.15, 0.2) is 5.69 Å². The van der Waals surface area contributed by atoms with E-state index in [1.54, 1.807) is 26.1 Å². The van der Waals surface area contributed by atoms with E-state index in [1.807, 2.05) is 0 Å². The van der Waals surface area contributed by atoms with Crippen molar-refractivity contribution < 1.29 is 19.0 Å². The predicted octanol–water partition coefficient (Wildman–Crippen LogP) is 2.24. The van der Waals surface area contributed by atoms with Crippen LogP contribution in [0.25, 0.3) is 11.3 Å². The zero-order chi connectivity index (χ0) is 14.2. The Labute approximate surface area is 109 Å². The van der Waals surface area contributed by atoms with Crippen molar-refractivity contribution in [1.29, 1.82) is 0 Å². The summed E-state index contributed by atoms with van der Waals surface area (Å²) in [6.45, 7) is 1.63. The molecule has 0 saturated heterocycles. The third kappa shape index (κ3) is 2.16. The van der Waals surface area contributed by atoms with Crippen LogP contribution in [-0.2, 0) is 7.05 Å². The van der Waals surface area contributed by atoms with Crippen LogP contribution >= 0.6 is 0 Å². The SMILES string of the molecule is COc1ccc(C)c(F)c1-c1cc(C(=O)O)nn1C. The van der Waals surface area contributed by atoms with Crippen molar-refractivity contribution in [2.75, 3.05) is 7.11 Å². The summed E-state index contributed by atoms with van der Waals surface area (Å²) in [6.07, 6.45) is 0. The number of halogens is 1.